The molecule has 5 nitrogen and oxygen atoms in total. The van der Waals surface area contributed by atoms with E-state index in [-0.39, 0.29) is 25.1 Å². The Labute approximate surface area is 227 Å². The van der Waals surface area contributed by atoms with Crippen molar-refractivity contribution >= 4 is 46.6 Å². The van der Waals surface area contributed by atoms with Crippen LogP contribution in [0.2, 0.25) is 15.1 Å². The molecule has 0 aliphatic rings. The van der Waals surface area contributed by atoms with Crippen LogP contribution in [0.5, 0.6) is 5.75 Å². The second-order valence-corrected chi connectivity index (χ2v) is 9.69. The molecule has 36 heavy (non-hydrogen) atoms. The lowest BCUT2D eigenvalue weighted by atomic mass is 10.0. The predicted octanol–water partition coefficient (Wildman–Crippen LogP) is 6.58. The zero-order valence-electron chi connectivity index (χ0n) is 20.2. The number of ether oxygens (including phenoxy) is 1. The fourth-order valence-corrected chi connectivity index (χ4v) is 4.34. The molecule has 0 aliphatic heterocycles. The van der Waals surface area contributed by atoms with Crippen LogP contribution < -0.4 is 10.1 Å². The zero-order chi connectivity index (χ0) is 26.1. The van der Waals surface area contributed by atoms with Gasteiger partial charge < -0.3 is 15.0 Å². The summed E-state index contributed by atoms with van der Waals surface area (Å²) in [6.07, 6.45) is 1.06. The minimum atomic E-state index is -0.823. The maximum absolute atomic E-state index is 13.6. The van der Waals surface area contributed by atoms with Gasteiger partial charge in [0.1, 0.15) is 11.8 Å². The summed E-state index contributed by atoms with van der Waals surface area (Å²) in [6.45, 7) is 3.64. The lowest BCUT2D eigenvalue weighted by Gasteiger charge is -2.32. The van der Waals surface area contributed by atoms with E-state index in [1.54, 1.807) is 42.5 Å². The van der Waals surface area contributed by atoms with Crippen molar-refractivity contribution < 1.29 is 14.3 Å². The minimum Gasteiger partial charge on any atom is -0.482 e. The number of nitrogens with zero attached hydrogens (tertiary/aromatic N) is 1. The van der Waals surface area contributed by atoms with Crippen LogP contribution in [-0.2, 0) is 22.6 Å². The largest absolute Gasteiger partial charge is 0.482 e. The van der Waals surface area contributed by atoms with Crippen LogP contribution in [0, 0.1) is 0 Å². The van der Waals surface area contributed by atoms with Gasteiger partial charge >= 0.3 is 0 Å². The molecule has 3 aromatic carbocycles. The topological polar surface area (TPSA) is 58.6 Å². The van der Waals surface area contributed by atoms with Crippen LogP contribution in [0.4, 0.5) is 0 Å². The maximum atomic E-state index is 13.6. The first-order chi connectivity index (χ1) is 17.3. The highest BCUT2D eigenvalue weighted by Crippen LogP contribution is 2.28. The molecule has 0 saturated carbocycles. The van der Waals surface area contributed by atoms with Gasteiger partial charge in [0.15, 0.2) is 6.61 Å². The third kappa shape index (κ3) is 7.63. The average molecular weight is 548 g/mol. The van der Waals surface area contributed by atoms with Crippen LogP contribution in [0.25, 0.3) is 0 Å². The number of nitrogens with one attached hydrogen (secondary N) is 1. The van der Waals surface area contributed by atoms with E-state index in [0.717, 1.165) is 12.0 Å². The quantitative estimate of drug-likeness (QED) is 0.295. The molecular weight excluding hydrogens is 519 g/mol. The standard InChI is InChI=1S/C28H29Cl3N2O3/c1-3-19(2)32-28(35)25(16-20-10-5-4-6-11-20)33(17-21-22(29)13-9-14-23(21)30)27(34)18-36-26-15-8-7-12-24(26)31/h4-15,19,25H,3,16-18H2,1-2H3,(H,32,35)/t19-,25+/m0/s1. The molecule has 0 aromatic heterocycles. The predicted molar refractivity (Wildman–Crippen MR) is 146 cm³/mol. The monoisotopic (exact) mass is 546 g/mol. The van der Waals surface area contributed by atoms with Crippen LogP contribution >= 0.6 is 34.8 Å². The van der Waals surface area contributed by atoms with Gasteiger partial charge in [0.2, 0.25) is 5.91 Å². The highest BCUT2D eigenvalue weighted by molar-refractivity contribution is 6.36. The van der Waals surface area contributed by atoms with Crippen LogP contribution in [0.1, 0.15) is 31.4 Å². The summed E-state index contributed by atoms with van der Waals surface area (Å²) in [5.74, 6) is -0.277. The fourth-order valence-electron chi connectivity index (χ4n) is 3.63. The number of amides is 2. The number of benzene rings is 3. The SMILES string of the molecule is CC[C@H](C)NC(=O)[C@@H](Cc1ccccc1)N(Cc1c(Cl)cccc1Cl)C(=O)COc1ccccc1Cl. The van der Waals surface area contributed by atoms with E-state index in [0.29, 0.717) is 32.8 Å². The summed E-state index contributed by atoms with van der Waals surface area (Å²) in [4.78, 5) is 28.6. The molecule has 0 spiro atoms. The second kappa shape index (κ2) is 13.5. The molecule has 190 valence electrons. The molecule has 0 radical (unpaired) electrons. The van der Waals surface area contributed by atoms with Crippen LogP contribution in [0.3, 0.4) is 0 Å². The van der Waals surface area contributed by atoms with Gasteiger partial charge in [-0.3, -0.25) is 9.59 Å². The molecule has 0 heterocycles. The Morgan fingerprint density at radius 3 is 2.14 bits per heavy atom. The van der Waals surface area contributed by atoms with Crippen molar-refractivity contribution in [2.45, 2.75) is 45.3 Å². The molecule has 0 bridgehead atoms. The molecule has 2 atom stereocenters. The molecule has 0 saturated heterocycles. The van der Waals surface area contributed by atoms with Crippen LogP contribution in [-0.4, -0.2) is 35.4 Å². The van der Waals surface area contributed by atoms with E-state index >= 15 is 0 Å². The Morgan fingerprint density at radius 2 is 1.50 bits per heavy atom. The average Bonchev–Trinajstić information content (AvgIpc) is 2.87. The third-order valence-corrected chi connectivity index (χ3v) is 6.87. The molecule has 0 fully saturated rings. The van der Waals surface area contributed by atoms with Crippen molar-refractivity contribution in [2.24, 2.45) is 0 Å². The lowest BCUT2D eigenvalue weighted by molar-refractivity contribution is -0.143. The molecule has 3 rings (SSSR count). The van der Waals surface area contributed by atoms with E-state index in [9.17, 15) is 9.59 Å². The first-order valence-corrected chi connectivity index (χ1v) is 12.9. The number of carbonyl (C=O) groups excluding carboxylic acids is 2. The van der Waals surface area contributed by atoms with E-state index in [1.807, 2.05) is 44.2 Å². The fraction of sp³-hybridized carbons (Fsp3) is 0.286. The Morgan fingerprint density at radius 1 is 0.889 bits per heavy atom. The second-order valence-electron chi connectivity index (χ2n) is 8.46. The van der Waals surface area contributed by atoms with Crippen molar-refractivity contribution in [1.29, 1.82) is 0 Å². The number of hydrogen-bond acceptors (Lipinski definition) is 3. The summed E-state index contributed by atoms with van der Waals surface area (Å²) in [7, 11) is 0. The van der Waals surface area contributed by atoms with E-state index in [2.05, 4.69) is 5.32 Å². The van der Waals surface area contributed by atoms with E-state index in [1.165, 1.54) is 4.90 Å². The van der Waals surface area contributed by atoms with Crippen molar-refractivity contribution in [2.75, 3.05) is 6.61 Å². The number of hydrogen-bond donors (Lipinski definition) is 1. The Kier molecular flexibility index (Phi) is 10.5. The molecule has 1 N–H and O–H groups in total. The first-order valence-electron chi connectivity index (χ1n) is 11.7. The van der Waals surface area contributed by atoms with Gasteiger partial charge in [-0.1, -0.05) is 90.3 Å². The van der Waals surface area contributed by atoms with Crippen molar-refractivity contribution in [3.63, 3.8) is 0 Å². The lowest BCUT2D eigenvalue weighted by Crippen LogP contribution is -2.53. The molecule has 8 heteroatoms. The summed E-state index contributed by atoms with van der Waals surface area (Å²) in [5.41, 5.74) is 1.47. The Hall–Kier alpha value is -2.73. The van der Waals surface area contributed by atoms with Gasteiger partial charge in [-0.05, 0) is 43.2 Å². The smallest absolute Gasteiger partial charge is 0.261 e. The van der Waals surface area contributed by atoms with Gasteiger partial charge in [-0.2, -0.15) is 0 Å². The number of rotatable bonds is 11. The van der Waals surface area contributed by atoms with E-state index in [4.69, 9.17) is 39.5 Å². The normalized spacial score (nSPS) is 12.5. The van der Waals surface area contributed by atoms with Gasteiger partial charge in [-0.25, -0.2) is 0 Å². The molecule has 3 aromatic rings. The summed E-state index contributed by atoms with van der Waals surface area (Å²) in [6, 6.07) is 20.7. The molecule has 2 amide bonds. The zero-order valence-corrected chi connectivity index (χ0v) is 22.5. The number of para-hydroxylation sites is 1. The summed E-state index contributed by atoms with van der Waals surface area (Å²) in [5, 5.41) is 4.23. The molecule has 0 aliphatic carbocycles. The highest BCUT2D eigenvalue weighted by atomic mass is 35.5. The van der Waals surface area contributed by atoms with Crippen molar-refractivity contribution in [3.8, 4) is 5.75 Å². The van der Waals surface area contributed by atoms with Gasteiger partial charge in [0.25, 0.3) is 5.91 Å². The van der Waals surface area contributed by atoms with Crippen LogP contribution in [0.15, 0.2) is 72.8 Å². The first kappa shape index (κ1) is 27.9. The number of carbonyl (C=O) groups is 2. The minimum absolute atomic E-state index is 0.0364. The van der Waals surface area contributed by atoms with Gasteiger partial charge in [0, 0.05) is 34.6 Å². The summed E-state index contributed by atoms with van der Waals surface area (Å²) >= 11 is 19.1. The Balaban J connectivity index is 1.97. The number of halogens is 3. The maximum Gasteiger partial charge on any atom is 0.261 e. The van der Waals surface area contributed by atoms with Gasteiger partial charge in [-0.15, -0.1) is 0 Å². The molecule has 0 unspecified atom stereocenters. The third-order valence-electron chi connectivity index (χ3n) is 5.85. The van der Waals surface area contributed by atoms with Gasteiger partial charge in [0.05, 0.1) is 5.02 Å². The summed E-state index contributed by atoms with van der Waals surface area (Å²) < 4.78 is 5.74. The Bertz CT molecular complexity index is 1150. The van der Waals surface area contributed by atoms with Crippen molar-refractivity contribution in [1.82, 2.24) is 10.2 Å². The van der Waals surface area contributed by atoms with E-state index < -0.39 is 11.9 Å². The molecular formula is C28H29Cl3N2O3. The highest BCUT2D eigenvalue weighted by Gasteiger charge is 2.32. The van der Waals surface area contributed by atoms with Crippen molar-refractivity contribution in [3.05, 3.63) is 99.0 Å².